The molecule has 116 valence electrons. The van der Waals surface area contributed by atoms with Crippen LogP contribution in [0.3, 0.4) is 0 Å². The van der Waals surface area contributed by atoms with Crippen LogP contribution in [0.15, 0.2) is 36.5 Å². The predicted molar refractivity (Wildman–Crippen MR) is 81.1 cm³/mol. The lowest BCUT2D eigenvalue weighted by Gasteiger charge is -2.18. The van der Waals surface area contributed by atoms with E-state index >= 15 is 0 Å². The number of rotatable bonds is 5. The highest BCUT2D eigenvalue weighted by Crippen LogP contribution is 2.23. The number of nitrogens with one attached hydrogen (secondary N) is 1. The summed E-state index contributed by atoms with van der Waals surface area (Å²) < 4.78 is 27.3. The number of pyridine rings is 1. The van der Waals surface area contributed by atoms with Gasteiger partial charge in [-0.05, 0) is 38.1 Å². The van der Waals surface area contributed by atoms with Crippen molar-refractivity contribution in [2.75, 3.05) is 18.4 Å². The Morgan fingerprint density at radius 3 is 2.41 bits per heavy atom. The molecule has 0 fully saturated rings. The number of benzene rings is 1. The summed E-state index contributed by atoms with van der Waals surface area (Å²) in [4.78, 5) is 17.9. The van der Waals surface area contributed by atoms with Crippen molar-refractivity contribution < 1.29 is 13.6 Å². The molecule has 0 saturated heterocycles. The summed E-state index contributed by atoms with van der Waals surface area (Å²) in [6, 6.07) is 6.64. The van der Waals surface area contributed by atoms with Crippen molar-refractivity contribution in [1.29, 1.82) is 0 Å². The maximum Gasteiger partial charge on any atom is 0.272 e. The first-order chi connectivity index (χ1) is 10.6. The number of hydrogen-bond donors (Lipinski definition) is 1. The molecular weight excluding hydrogens is 288 g/mol. The van der Waals surface area contributed by atoms with E-state index in [0.717, 1.165) is 12.1 Å². The van der Waals surface area contributed by atoms with Gasteiger partial charge >= 0.3 is 0 Å². The standard InChI is InChI=1S/C16H17F2N3O/c1-3-21(4-2)16(22)14-10-11(8-9-19-14)20-15-12(17)6-5-7-13(15)18/h5-10H,3-4H2,1-2H3,(H,19,20). The number of aromatic nitrogens is 1. The lowest BCUT2D eigenvalue weighted by Crippen LogP contribution is -2.31. The highest BCUT2D eigenvalue weighted by molar-refractivity contribution is 5.93. The molecule has 4 nitrogen and oxygen atoms in total. The van der Waals surface area contributed by atoms with Crippen molar-refractivity contribution in [3.05, 3.63) is 53.9 Å². The Morgan fingerprint density at radius 2 is 1.82 bits per heavy atom. The van der Waals surface area contributed by atoms with Gasteiger partial charge in [0.25, 0.3) is 5.91 Å². The van der Waals surface area contributed by atoms with Crippen molar-refractivity contribution in [2.45, 2.75) is 13.8 Å². The van der Waals surface area contributed by atoms with Crippen LogP contribution in [0, 0.1) is 11.6 Å². The second-order valence-corrected chi connectivity index (χ2v) is 4.63. The molecule has 1 N–H and O–H groups in total. The number of carbonyl (C=O) groups excluding carboxylic acids is 1. The Morgan fingerprint density at radius 1 is 1.18 bits per heavy atom. The zero-order chi connectivity index (χ0) is 16.1. The summed E-state index contributed by atoms with van der Waals surface area (Å²) in [5, 5.41) is 2.65. The van der Waals surface area contributed by atoms with Crippen molar-refractivity contribution in [3.8, 4) is 0 Å². The minimum atomic E-state index is -0.701. The summed E-state index contributed by atoms with van der Waals surface area (Å²) in [6.45, 7) is 4.88. The molecule has 22 heavy (non-hydrogen) atoms. The normalized spacial score (nSPS) is 10.4. The fourth-order valence-corrected chi connectivity index (χ4v) is 2.06. The summed E-state index contributed by atoms with van der Waals surface area (Å²) in [5.74, 6) is -1.62. The molecule has 0 aliphatic heterocycles. The van der Waals surface area contributed by atoms with E-state index < -0.39 is 11.6 Å². The molecule has 1 amide bonds. The number of hydrogen-bond acceptors (Lipinski definition) is 3. The van der Waals surface area contributed by atoms with Gasteiger partial charge in [-0.3, -0.25) is 9.78 Å². The van der Waals surface area contributed by atoms with Crippen LogP contribution in [0.2, 0.25) is 0 Å². The largest absolute Gasteiger partial charge is 0.351 e. The molecule has 0 spiro atoms. The average molecular weight is 305 g/mol. The lowest BCUT2D eigenvalue weighted by atomic mass is 10.2. The topological polar surface area (TPSA) is 45.2 Å². The van der Waals surface area contributed by atoms with E-state index in [2.05, 4.69) is 10.3 Å². The van der Waals surface area contributed by atoms with Gasteiger partial charge in [0.2, 0.25) is 0 Å². The number of anilines is 2. The summed E-state index contributed by atoms with van der Waals surface area (Å²) in [6.07, 6.45) is 1.43. The Labute approximate surface area is 127 Å². The molecular formula is C16H17F2N3O. The molecule has 0 aliphatic rings. The molecule has 0 saturated carbocycles. The van der Waals surface area contributed by atoms with Gasteiger partial charge in [0.15, 0.2) is 0 Å². The van der Waals surface area contributed by atoms with Gasteiger partial charge in [-0.15, -0.1) is 0 Å². The number of amides is 1. The Hall–Kier alpha value is -2.50. The van der Waals surface area contributed by atoms with Gasteiger partial charge in [0, 0.05) is 25.0 Å². The maximum absolute atomic E-state index is 13.6. The van der Waals surface area contributed by atoms with E-state index in [1.54, 1.807) is 11.0 Å². The first-order valence-corrected chi connectivity index (χ1v) is 7.03. The van der Waals surface area contributed by atoms with Crippen LogP contribution in [-0.4, -0.2) is 28.9 Å². The number of para-hydroxylation sites is 1. The van der Waals surface area contributed by atoms with Crippen LogP contribution in [-0.2, 0) is 0 Å². The molecule has 1 heterocycles. The molecule has 2 aromatic rings. The lowest BCUT2D eigenvalue weighted by molar-refractivity contribution is 0.0767. The minimum Gasteiger partial charge on any atom is -0.351 e. The molecule has 0 atom stereocenters. The third-order valence-corrected chi connectivity index (χ3v) is 3.26. The predicted octanol–water partition coefficient (Wildman–Crippen LogP) is 3.59. The minimum absolute atomic E-state index is 0.220. The first-order valence-electron chi connectivity index (χ1n) is 7.03. The fourth-order valence-electron chi connectivity index (χ4n) is 2.06. The van der Waals surface area contributed by atoms with E-state index in [-0.39, 0.29) is 17.3 Å². The van der Waals surface area contributed by atoms with Crippen molar-refractivity contribution in [2.24, 2.45) is 0 Å². The van der Waals surface area contributed by atoms with Crippen molar-refractivity contribution in [1.82, 2.24) is 9.88 Å². The van der Waals surface area contributed by atoms with Gasteiger partial charge in [0.1, 0.15) is 23.0 Å². The highest BCUT2D eigenvalue weighted by Gasteiger charge is 2.15. The maximum atomic E-state index is 13.6. The van der Waals surface area contributed by atoms with E-state index in [1.807, 2.05) is 13.8 Å². The summed E-state index contributed by atoms with van der Waals surface area (Å²) in [7, 11) is 0. The molecule has 0 radical (unpaired) electrons. The van der Waals surface area contributed by atoms with Gasteiger partial charge in [-0.1, -0.05) is 6.07 Å². The Kier molecular flexibility index (Phi) is 5.04. The monoisotopic (exact) mass is 305 g/mol. The second-order valence-electron chi connectivity index (χ2n) is 4.63. The van der Waals surface area contributed by atoms with Gasteiger partial charge in [-0.25, -0.2) is 8.78 Å². The fraction of sp³-hybridized carbons (Fsp3) is 0.250. The molecule has 0 unspecified atom stereocenters. The van der Waals surface area contributed by atoms with Crippen molar-refractivity contribution >= 4 is 17.3 Å². The molecule has 2 rings (SSSR count). The molecule has 1 aromatic heterocycles. The molecule has 6 heteroatoms. The zero-order valence-electron chi connectivity index (χ0n) is 12.4. The van der Waals surface area contributed by atoms with Gasteiger partial charge in [0.05, 0.1) is 0 Å². The molecule has 0 aliphatic carbocycles. The third-order valence-electron chi connectivity index (χ3n) is 3.26. The number of carbonyl (C=O) groups is 1. The smallest absolute Gasteiger partial charge is 0.272 e. The Balaban J connectivity index is 2.27. The van der Waals surface area contributed by atoms with Crippen LogP contribution in [0.4, 0.5) is 20.2 Å². The number of nitrogens with zero attached hydrogens (tertiary/aromatic N) is 2. The summed E-state index contributed by atoms with van der Waals surface area (Å²) >= 11 is 0. The quantitative estimate of drug-likeness (QED) is 0.918. The van der Waals surface area contributed by atoms with Crippen LogP contribution in [0.25, 0.3) is 0 Å². The van der Waals surface area contributed by atoms with E-state index in [4.69, 9.17) is 0 Å². The highest BCUT2D eigenvalue weighted by atomic mass is 19.1. The van der Waals surface area contributed by atoms with Crippen LogP contribution in [0.5, 0.6) is 0 Å². The van der Waals surface area contributed by atoms with Gasteiger partial charge < -0.3 is 10.2 Å². The van der Waals surface area contributed by atoms with Crippen LogP contribution in [0.1, 0.15) is 24.3 Å². The molecule has 1 aromatic carbocycles. The summed E-state index contributed by atoms with van der Waals surface area (Å²) in [5.41, 5.74) is 0.370. The van der Waals surface area contributed by atoms with E-state index in [0.29, 0.717) is 18.8 Å². The van der Waals surface area contributed by atoms with Crippen LogP contribution < -0.4 is 5.32 Å². The second kappa shape index (κ2) is 6.98. The number of halogens is 2. The van der Waals surface area contributed by atoms with Crippen molar-refractivity contribution in [3.63, 3.8) is 0 Å². The Bertz CT molecular complexity index is 652. The van der Waals surface area contributed by atoms with Crippen LogP contribution >= 0.6 is 0 Å². The first kappa shape index (κ1) is 15.9. The molecule has 0 bridgehead atoms. The van der Waals surface area contributed by atoms with E-state index in [9.17, 15) is 13.6 Å². The SMILES string of the molecule is CCN(CC)C(=O)c1cc(Nc2c(F)cccc2F)ccn1. The zero-order valence-corrected chi connectivity index (χ0v) is 12.4. The average Bonchev–Trinajstić information content (AvgIpc) is 2.52. The third kappa shape index (κ3) is 3.39. The van der Waals surface area contributed by atoms with E-state index in [1.165, 1.54) is 18.3 Å². The van der Waals surface area contributed by atoms with Gasteiger partial charge in [-0.2, -0.15) is 0 Å².